The first-order valence-corrected chi connectivity index (χ1v) is 8.31. The number of aromatic nitrogens is 1. The molecule has 28 heavy (non-hydrogen) atoms. The van der Waals surface area contributed by atoms with Gasteiger partial charge in [0.05, 0.1) is 18.4 Å². The fourth-order valence-corrected chi connectivity index (χ4v) is 2.20. The number of ether oxygens (including phenoxy) is 2. The Kier molecular flexibility index (Phi) is 7.46. The van der Waals surface area contributed by atoms with Gasteiger partial charge in [-0.1, -0.05) is 23.7 Å². The maximum absolute atomic E-state index is 11.9. The molecule has 0 saturated heterocycles. The molecule has 0 fully saturated rings. The van der Waals surface area contributed by atoms with E-state index in [1.54, 1.807) is 12.1 Å². The Morgan fingerprint density at radius 3 is 2.61 bits per heavy atom. The van der Waals surface area contributed by atoms with Gasteiger partial charge in [0.15, 0.2) is 6.61 Å². The summed E-state index contributed by atoms with van der Waals surface area (Å²) in [5, 5.41) is 5.08. The number of benzene rings is 1. The monoisotopic (exact) mass is 405 g/mol. The molecule has 0 spiro atoms. The molecule has 0 radical (unpaired) electrons. The molecule has 0 unspecified atom stereocenters. The molecule has 146 valence electrons. The summed E-state index contributed by atoms with van der Waals surface area (Å²) in [5.41, 5.74) is 0.416. The zero-order valence-electron chi connectivity index (χ0n) is 14.7. The fourth-order valence-electron chi connectivity index (χ4n) is 2.04. The Morgan fingerprint density at radius 1 is 1.14 bits per heavy atom. The van der Waals surface area contributed by atoms with Gasteiger partial charge in [0.1, 0.15) is 12.2 Å². The zero-order valence-corrected chi connectivity index (χ0v) is 15.5. The second-order valence-corrected chi connectivity index (χ2v) is 5.72. The largest absolute Gasteiger partial charge is 0.465 e. The van der Waals surface area contributed by atoms with Crippen molar-refractivity contribution in [1.82, 2.24) is 10.3 Å². The number of esters is 2. The predicted octanol–water partition coefficient (Wildman–Crippen LogP) is 1.43. The molecule has 0 aliphatic rings. The molecule has 2 amide bonds. The van der Waals surface area contributed by atoms with E-state index in [9.17, 15) is 19.2 Å². The number of carbonyl (C=O) groups is 4. The van der Waals surface area contributed by atoms with E-state index in [0.29, 0.717) is 5.02 Å². The number of pyridine rings is 1. The van der Waals surface area contributed by atoms with Crippen LogP contribution in [0.25, 0.3) is 0 Å². The summed E-state index contributed by atoms with van der Waals surface area (Å²) in [6.07, 6.45) is 1.35. The summed E-state index contributed by atoms with van der Waals surface area (Å²) in [5.74, 6) is -2.72. The summed E-state index contributed by atoms with van der Waals surface area (Å²) < 4.78 is 9.41. The maximum Gasteiger partial charge on any atom is 0.339 e. The molecule has 10 heteroatoms. The average molecular weight is 406 g/mol. The summed E-state index contributed by atoms with van der Waals surface area (Å²) in [6, 6.07) is 9.06. The van der Waals surface area contributed by atoms with Crippen LogP contribution >= 0.6 is 11.6 Å². The highest BCUT2D eigenvalue weighted by atomic mass is 35.5. The Hall–Kier alpha value is -3.46. The van der Waals surface area contributed by atoms with Gasteiger partial charge in [-0.25, -0.2) is 4.79 Å². The van der Waals surface area contributed by atoms with E-state index in [1.165, 1.54) is 37.6 Å². The van der Waals surface area contributed by atoms with Crippen LogP contribution in [0.5, 0.6) is 0 Å². The SMILES string of the molecule is COC(=O)c1ccccc1NC(=O)COC(=O)CNC(=O)c1cc(Cl)ccn1. The third-order valence-electron chi connectivity index (χ3n) is 3.32. The average Bonchev–Trinajstić information content (AvgIpc) is 2.70. The molecule has 1 heterocycles. The smallest absolute Gasteiger partial charge is 0.339 e. The number of rotatable bonds is 7. The van der Waals surface area contributed by atoms with Crippen molar-refractivity contribution in [2.45, 2.75) is 0 Å². The van der Waals surface area contributed by atoms with Crippen molar-refractivity contribution in [2.24, 2.45) is 0 Å². The topological polar surface area (TPSA) is 124 Å². The van der Waals surface area contributed by atoms with Crippen molar-refractivity contribution in [3.05, 3.63) is 58.9 Å². The van der Waals surface area contributed by atoms with Crippen molar-refractivity contribution in [3.63, 3.8) is 0 Å². The molecule has 0 atom stereocenters. The van der Waals surface area contributed by atoms with Gasteiger partial charge in [-0.15, -0.1) is 0 Å². The van der Waals surface area contributed by atoms with Crippen LogP contribution in [0.15, 0.2) is 42.6 Å². The van der Waals surface area contributed by atoms with Crippen LogP contribution in [0.3, 0.4) is 0 Å². The third kappa shape index (κ3) is 6.06. The number of hydrogen-bond acceptors (Lipinski definition) is 7. The van der Waals surface area contributed by atoms with Crippen LogP contribution in [0.4, 0.5) is 5.69 Å². The van der Waals surface area contributed by atoms with Gasteiger partial charge in [-0.2, -0.15) is 0 Å². The molecule has 0 saturated carbocycles. The van der Waals surface area contributed by atoms with Crippen molar-refractivity contribution in [1.29, 1.82) is 0 Å². The van der Waals surface area contributed by atoms with Crippen LogP contribution in [-0.2, 0) is 19.1 Å². The predicted molar refractivity (Wildman–Crippen MR) is 99.0 cm³/mol. The molecule has 0 aliphatic heterocycles. The lowest BCUT2D eigenvalue weighted by atomic mass is 10.2. The van der Waals surface area contributed by atoms with Crippen LogP contribution < -0.4 is 10.6 Å². The number of anilines is 1. The highest BCUT2D eigenvalue weighted by molar-refractivity contribution is 6.30. The lowest BCUT2D eigenvalue weighted by Gasteiger charge is -2.10. The van der Waals surface area contributed by atoms with E-state index in [0.717, 1.165) is 0 Å². The zero-order chi connectivity index (χ0) is 20.5. The number of amides is 2. The van der Waals surface area contributed by atoms with E-state index in [2.05, 4.69) is 20.4 Å². The lowest BCUT2D eigenvalue weighted by molar-refractivity contribution is -0.146. The fraction of sp³-hybridized carbons (Fsp3) is 0.167. The van der Waals surface area contributed by atoms with Gasteiger partial charge in [-0.05, 0) is 24.3 Å². The van der Waals surface area contributed by atoms with Crippen molar-refractivity contribution >= 4 is 41.0 Å². The third-order valence-corrected chi connectivity index (χ3v) is 3.55. The van der Waals surface area contributed by atoms with Gasteiger partial charge in [0.2, 0.25) is 0 Å². The minimum absolute atomic E-state index is 0.0393. The molecule has 1 aromatic heterocycles. The van der Waals surface area contributed by atoms with E-state index in [4.69, 9.17) is 16.3 Å². The highest BCUT2D eigenvalue weighted by Gasteiger charge is 2.15. The standard InChI is InChI=1S/C18H16ClN3O6/c1-27-18(26)12-4-2-3-5-13(12)22-15(23)10-28-16(24)9-21-17(25)14-8-11(19)6-7-20-14/h2-8H,9-10H2,1H3,(H,21,25)(H,22,23). The van der Waals surface area contributed by atoms with E-state index < -0.39 is 36.9 Å². The molecule has 2 N–H and O–H groups in total. The molecule has 9 nitrogen and oxygen atoms in total. The van der Waals surface area contributed by atoms with Crippen LogP contribution in [0, 0.1) is 0 Å². The molecule has 0 aliphatic carbocycles. The van der Waals surface area contributed by atoms with Gasteiger partial charge >= 0.3 is 11.9 Å². The lowest BCUT2D eigenvalue weighted by Crippen LogP contribution is -2.32. The van der Waals surface area contributed by atoms with Gasteiger partial charge < -0.3 is 20.1 Å². The Balaban J connectivity index is 1.81. The Labute approximate surface area is 165 Å². The van der Waals surface area contributed by atoms with Crippen molar-refractivity contribution in [2.75, 3.05) is 25.6 Å². The Morgan fingerprint density at radius 2 is 1.89 bits per heavy atom. The second-order valence-electron chi connectivity index (χ2n) is 5.29. The number of nitrogens with zero attached hydrogens (tertiary/aromatic N) is 1. The van der Waals surface area contributed by atoms with Crippen LogP contribution in [0.2, 0.25) is 5.02 Å². The molecule has 0 bridgehead atoms. The summed E-state index contributed by atoms with van der Waals surface area (Å²) in [4.78, 5) is 50.9. The summed E-state index contributed by atoms with van der Waals surface area (Å²) in [6.45, 7) is -1.06. The molecular formula is C18H16ClN3O6. The minimum Gasteiger partial charge on any atom is -0.465 e. The van der Waals surface area contributed by atoms with E-state index >= 15 is 0 Å². The summed E-state index contributed by atoms with van der Waals surface area (Å²) in [7, 11) is 1.22. The van der Waals surface area contributed by atoms with Crippen LogP contribution in [-0.4, -0.2) is 49.0 Å². The number of carbonyl (C=O) groups excluding carboxylic acids is 4. The number of methoxy groups -OCH3 is 1. The molecule has 2 rings (SSSR count). The van der Waals surface area contributed by atoms with Gasteiger partial charge in [0.25, 0.3) is 11.8 Å². The van der Waals surface area contributed by atoms with Crippen LogP contribution in [0.1, 0.15) is 20.8 Å². The molecule has 2 aromatic rings. The van der Waals surface area contributed by atoms with Crippen molar-refractivity contribution < 1.29 is 28.7 Å². The molecule has 1 aromatic carbocycles. The van der Waals surface area contributed by atoms with Crippen molar-refractivity contribution in [3.8, 4) is 0 Å². The van der Waals surface area contributed by atoms with E-state index in [1.807, 2.05) is 0 Å². The number of halogens is 1. The highest BCUT2D eigenvalue weighted by Crippen LogP contribution is 2.15. The first-order valence-electron chi connectivity index (χ1n) is 7.93. The van der Waals surface area contributed by atoms with Gasteiger partial charge in [-0.3, -0.25) is 19.4 Å². The van der Waals surface area contributed by atoms with E-state index in [-0.39, 0.29) is 16.9 Å². The van der Waals surface area contributed by atoms with Gasteiger partial charge in [0, 0.05) is 11.2 Å². The number of nitrogens with one attached hydrogen (secondary N) is 2. The summed E-state index contributed by atoms with van der Waals surface area (Å²) >= 11 is 5.76. The maximum atomic E-state index is 11.9. The second kappa shape index (κ2) is 10.0. The minimum atomic E-state index is -0.827. The quantitative estimate of drug-likeness (QED) is 0.668. The normalized spacial score (nSPS) is 9.93. The molecular weight excluding hydrogens is 390 g/mol. The number of para-hydroxylation sites is 1. The first kappa shape index (κ1) is 20.8. The Bertz CT molecular complexity index is 902. The first-order chi connectivity index (χ1) is 13.4. The number of hydrogen-bond donors (Lipinski definition) is 2.